The number of benzene rings is 1. The largest absolute Gasteiger partial charge is 0.0984 e. The Morgan fingerprint density at radius 2 is 1.86 bits per heavy atom. The Hall–Kier alpha value is -1.35. The van der Waals surface area contributed by atoms with Crippen LogP contribution in [0.15, 0.2) is 73.4 Å². The van der Waals surface area contributed by atoms with E-state index in [4.69, 9.17) is 0 Å². The molecule has 0 amide bonds. The highest BCUT2D eigenvalue weighted by molar-refractivity contribution is 14.1. The Kier molecular flexibility index (Phi) is 8.06. The molecular formula is C20H23I. The Morgan fingerprint density at radius 1 is 1.14 bits per heavy atom. The summed E-state index contributed by atoms with van der Waals surface area (Å²) < 4.78 is 1.29. The molecule has 1 aromatic rings. The van der Waals surface area contributed by atoms with Crippen LogP contribution in [0.3, 0.4) is 0 Å². The van der Waals surface area contributed by atoms with Gasteiger partial charge in [-0.05, 0) is 59.2 Å². The third kappa shape index (κ3) is 5.50. The van der Waals surface area contributed by atoms with Gasteiger partial charge in [0.25, 0.3) is 0 Å². The molecule has 0 aliphatic heterocycles. The van der Waals surface area contributed by atoms with E-state index in [1.807, 2.05) is 38.2 Å². The summed E-state index contributed by atoms with van der Waals surface area (Å²) in [6.07, 6.45) is 16.5. The molecule has 0 nitrogen and oxygen atoms in total. The molecular weight excluding hydrogens is 367 g/mol. The average Bonchev–Trinajstić information content (AvgIpc) is 2.48. The summed E-state index contributed by atoms with van der Waals surface area (Å²) in [6.45, 7) is 10.2. The molecule has 1 aromatic carbocycles. The number of rotatable bonds is 6. The summed E-state index contributed by atoms with van der Waals surface area (Å²) >= 11 is 2.42. The maximum Gasteiger partial charge on any atom is 0.0174 e. The molecule has 1 heteroatoms. The van der Waals surface area contributed by atoms with E-state index >= 15 is 0 Å². The SMILES string of the molecule is C=C/C(=C\C=C/C)c1ccc(C(C)/C=C\C=C/C)c(I)c1. The second-order valence-electron chi connectivity index (χ2n) is 4.79. The smallest absolute Gasteiger partial charge is 0.0174 e. The molecule has 0 radical (unpaired) electrons. The highest BCUT2D eigenvalue weighted by Crippen LogP contribution is 2.27. The number of hydrogen-bond donors (Lipinski definition) is 0. The zero-order valence-electron chi connectivity index (χ0n) is 13.0. The fourth-order valence-electron chi connectivity index (χ4n) is 2.00. The van der Waals surface area contributed by atoms with Crippen LogP contribution < -0.4 is 0 Å². The van der Waals surface area contributed by atoms with Gasteiger partial charge in [0.1, 0.15) is 0 Å². The fourth-order valence-corrected chi connectivity index (χ4v) is 3.01. The predicted octanol–water partition coefficient (Wildman–Crippen LogP) is 6.67. The molecule has 0 saturated carbocycles. The van der Waals surface area contributed by atoms with Gasteiger partial charge >= 0.3 is 0 Å². The third-order valence-electron chi connectivity index (χ3n) is 3.22. The molecule has 1 atom stereocenters. The normalized spacial score (nSPS) is 14.4. The molecule has 0 bridgehead atoms. The molecule has 0 fully saturated rings. The fraction of sp³-hybridized carbons (Fsp3) is 0.200. The quantitative estimate of drug-likeness (QED) is 0.376. The first-order valence-electron chi connectivity index (χ1n) is 7.18. The van der Waals surface area contributed by atoms with E-state index in [2.05, 4.69) is 78.6 Å². The van der Waals surface area contributed by atoms with Gasteiger partial charge in [-0.2, -0.15) is 0 Å². The Balaban J connectivity index is 3.07. The highest BCUT2D eigenvalue weighted by Gasteiger charge is 2.08. The van der Waals surface area contributed by atoms with Crippen molar-refractivity contribution in [1.29, 1.82) is 0 Å². The minimum Gasteiger partial charge on any atom is -0.0984 e. The van der Waals surface area contributed by atoms with E-state index in [1.165, 1.54) is 14.7 Å². The van der Waals surface area contributed by atoms with Gasteiger partial charge in [-0.3, -0.25) is 0 Å². The molecule has 0 saturated heterocycles. The van der Waals surface area contributed by atoms with Crippen LogP contribution in [-0.4, -0.2) is 0 Å². The lowest BCUT2D eigenvalue weighted by Gasteiger charge is -2.12. The van der Waals surface area contributed by atoms with E-state index in [0.29, 0.717) is 5.92 Å². The summed E-state index contributed by atoms with van der Waals surface area (Å²) in [7, 11) is 0. The van der Waals surface area contributed by atoms with Crippen molar-refractivity contribution < 1.29 is 0 Å². The van der Waals surface area contributed by atoms with E-state index in [9.17, 15) is 0 Å². The zero-order valence-corrected chi connectivity index (χ0v) is 15.2. The van der Waals surface area contributed by atoms with E-state index < -0.39 is 0 Å². The zero-order chi connectivity index (χ0) is 15.7. The van der Waals surface area contributed by atoms with E-state index in [0.717, 1.165) is 5.57 Å². The van der Waals surface area contributed by atoms with Crippen LogP contribution in [0.25, 0.3) is 5.57 Å². The van der Waals surface area contributed by atoms with Crippen LogP contribution in [-0.2, 0) is 0 Å². The van der Waals surface area contributed by atoms with Gasteiger partial charge in [-0.1, -0.05) is 74.2 Å². The molecule has 0 heterocycles. The van der Waals surface area contributed by atoms with Crippen molar-refractivity contribution in [2.75, 3.05) is 0 Å². The van der Waals surface area contributed by atoms with Crippen LogP contribution >= 0.6 is 22.6 Å². The topological polar surface area (TPSA) is 0 Å². The lowest BCUT2D eigenvalue weighted by molar-refractivity contribution is 0.958. The minimum absolute atomic E-state index is 0.411. The minimum atomic E-state index is 0.411. The van der Waals surface area contributed by atoms with E-state index in [1.54, 1.807) is 0 Å². The van der Waals surface area contributed by atoms with Crippen LogP contribution in [0.4, 0.5) is 0 Å². The predicted molar refractivity (Wildman–Crippen MR) is 105 cm³/mol. The van der Waals surface area contributed by atoms with Crippen molar-refractivity contribution in [3.63, 3.8) is 0 Å². The maximum absolute atomic E-state index is 3.90. The van der Waals surface area contributed by atoms with Gasteiger partial charge in [0.15, 0.2) is 0 Å². The van der Waals surface area contributed by atoms with Gasteiger partial charge in [0.05, 0.1) is 0 Å². The Labute approximate surface area is 142 Å². The molecule has 0 aliphatic carbocycles. The first kappa shape index (κ1) is 17.7. The van der Waals surface area contributed by atoms with Crippen molar-refractivity contribution >= 4 is 28.2 Å². The van der Waals surface area contributed by atoms with Crippen molar-refractivity contribution in [2.45, 2.75) is 26.7 Å². The lowest BCUT2D eigenvalue weighted by atomic mass is 9.97. The highest BCUT2D eigenvalue weighted by atomic mass is 127. The van der Waals surface area contributed by atoms with Gasteiger partial charge in [0.2, 0.25) is 0 Å². The molecule has 21 heavy (non-hydrogen) atoms. The summed E-state index contributed by atoms with van der Waals surface area (Å²) in [4.78, 5) is 0. The van der Waals surface area contributed by atoms with E-state index in [-0.39, 0.29) is 0 Å². The van der Waals surface area contributed by atoms with Crippen molar-refractivity contribution in [3.05, 3.63) is 88.1 Å². The third-order valence-corrected chi connectivity index (χ3v) is 4.15. The second-order valence-corrected chi connectivity index (χ2v) is 5.95. The first-order valence-corrected chi connectivity index (χ1v) is 8.26. The van der Waals surface area contributed by atoms with Gasteiger partial charge in [0, 0.05) is 9.49 Å². The molecule has 0 N–H and O–H groups in total. The number of halogens is 1. The van der Waals surface area contributed by atoms with Crippen LogP contribution in [0.1, 0.15) is 37.8 Å². The summed E-state index contributed by atoms with van der Waals surface area (Å²) in [5, 5.41) is 0. The Bertz CT molecular complexity index is 586. The van der Waals surface area contributed by atoms with Crippen LogP contribution in [0.2, 0.25) is 0 Å². The number of hydrogen-bond acceptors (Lipinski definition) is 0. The molecule has 1 rings (SSSR count). The van der Waals surface area contributed by atoms with Gasteiger partial charge < -0.3 is 0 Å². The second kappa shape index (κ2) is 9.56. The standard InChI is InChI=1S/C20H23I/c1-5-8-10-11-16(4)19-14-13-18(15-20(19)21)17(7-3)12-9-6-2/h5-16H,3H2,1-2,4H3/b8-5-,9-6-,11-10-,17-12+. The maximum atomic E-state index is 3.90. The van der Waals surface area contributed by atoms with Gasteiger partial charge in [-0.25, -0.2) is 0 Å². The summed E-state index contributed by atoms with van der Waals surface area (Å²) in [5.41, 5.74) is 3.71. The van der Waals surface area contributed by atoms with Crippen LogP contribution in [0.5, 0.6) is 0 Å². The monoisotopic (exact) mass is 390 g/mol. The summed E-state index contributed by atoms with van der Waals surface area (Å²) in [6, 6.07) is 6.62. The number of allylic oxidation sites excluding steroid dienone is 9. The molecule has 110 valence electrons. The first-order chi connectivity index (χ1) is 10.1. The lowest BCUT2D eigenvalue weighted by Crippen LogP contribution is -1.94. The van der Waals surface area contributed by atoms with Crippen molar-refractivity contribution in [2.24, 2.45) is 0 Å². The molecule has 0 aliphatic rings. The molecule has 0 aromatic heterocycles. The Morgan fingerprint density at radius 3 is 2.43 bits per heavy atom. The van der Waals surface area contributed by atoms with Crippen LogP contribution in [0, 0.1) is 3.57 Å². The van der Waals surface area contributed by atoms with Gasteiger partial charge in [-0.15, -0.1) is 0 Å². The average molecular weight is 390 g/mol. The molecule has 1 unspecified atom stereocenters. The van der Waals surface area contributed by atoms with Crippen molar-refractivity contribution in [3.8, 4) is 0 Å². The molecule has 0 spiro atoms. The van der Waals surface area contributed by atoms with Crippen molar-refractivity contribution in [1.82, 2.24) is 0 Å². The summed E-state index contributed by atoms with van der Waals surface area (Å²) in [5.74, 6) is 0.411.